The maximum atomic E-state index is 13.0. The van der Waals surface area contributed by atoms with Crippen LogP contribution in [-0.2, 0) is 4.79 Å². The van der Waals surface area contributed by atoms with E-state index in [0.29, 0.717) is 6.07 Å². The van der Waals surface area contributed by atoms with Crippen LogP contribution in [-0.4, -0.2) is 24.7 Å². The molecule has 0 spiro atoms. The van der Waals surface area contributed by atoms with Crippen molar-refractivity contribution < 1.29 is 18.7 Å². The van der Waals surface area contributed by atoms with Crippen molar-refractivity contribution in [3.63, 3.8) is 0 Å². The van der Waals surface area contributed by atoms with E-state index >= 15 is 0 Å². The monoisotopic (exact) mass is 216 g/mol. The fourth-order valence-corrected chi connectivity index (χ4v) is 1.18. The first kappa shape index (κ1) is 11.2. The quantitative estimate of drug-likeness (QED) is 0.741. The zero-order valence-corrected chi connectivity index (χ0v) is 8.00. The van der Waals surface area contributed by atoms with Crippen LogP contribution in [0, 0.1) is 11.6 Å². The molecule has 15 heavy (non-hydrogen) atoms. The highest BCUT2D eigenvalue weighted by molar-refractivity contribution is 5.77. The highest BCUT2D eigenvalue weighted by Gasteiger charge is 2.13. The van der Waals surface area contributed by atoms with E-state index in [2.05, 4.69) is 0 Å². The summed E-state index contributed by atoms with van der Waals surface area (Å²) in [6, 6.07) is 1.63. The number of halogens is 2. The molecule has 3 N–H and O–H groups in total. The number of carboxylic acids is 1. The number of likely N-dealkylation sites (N-methyl/N-ethyl adjacent to an activating group) is 1. The first-order valence-electron chi connectivity index (χ1n) is 4.09. The summed E-state index contributed by atoms with van der Waals surface area (Å²) in [6.45, 7) is -0.382. The molecule has 0 heterocycles. The molecule has 0 atom stereocenters. The topological polar surface area (TPSA) is 66.6 Å². The Morgan fingerprint density at radius 2 is 2.13 bits per heavy atom. The van der Waals surface area contributed by atoms with Gasteiger partial charge in [-0.3, -0.25) is 4.79 Å². The molecular weight excluding hydrogens is 206 g/mol. The van der Waals surface area contributed by atoms with Gasteiger partial charge in [0.1, 0.15) is 12.4 Å². The molecule has 0 aliphatic carbocycles. The van der Waals surface area contributed by atoms with Crippen LogP contribution in [0.5, 0.6) is 0 Å². The predicted octanol–water partition coefficient (Wildman–Crippen LogP) is 1.07. The summed E-state index contributed by atoms with van der Waals surface area (Å²) >= 11 is 0. The molecule has 6 heteroatoms. The predicted molar refractivity (Wildman–Crippen MR) is 51.7 cm³/mol. The Labute approximate surface area is 84.9 Å². The third-order valence-corrected chi connectivity index (χ3v) is 1.86. The Bertz CT molecular complexity index is 396. The van der Waals surface area contributed by atoms with Crippen molar-refractivity contribution in [2.45, 2.75) is 0 Å². The Kier molecular flexibility index (Phi) is 3.08. The van der Waals surface area contributed by atoms with Gasteiger partial charge >= 0.3 is 5.97 Å². The second-order valence-corrected chi connectivity index (χ2v) is 3.07. The van der Waals surface area contributed by atoms with Crippen LogP contribution in [0.25, 0.3) is 0 Å². The second kappa shape index (κ2) is 4.12. The number of hydrogen-bond donors (Lipinski definition) is 2. The lowest BCUT2D eigenvalue weighted by atomic mass is 10.2. The first-order valence-corrected chi connectivity index (χ1v) is 4.09. The largest absolute Gasteiger partial charge is 0.480 e. The van der Waals surface area contributed by atoms with Gasteiger partial charge in [-0.1, -0.05) is 0 Å². The van der Waals surface area contributed by atoms with Crippen molar-refractivity contribution in [3.8, 4) is 0 Å². The SMILES string of the molecule is CN(CC(=O)O)c1cc(F)cc(F)c1N. The van der Waals surface area contributed by atoms with Crippen LogP contribution in [0.2, 0.25) is 0 Å². The minimum Gasteiger partial charge on any atom is -0.480 e. The number of benzene rings is 1. The third-order valence-electron chi connectivity index (χ3n) is 1.86. The van der Waals surface area contributed by atoms with Crippen LogP contribution < -0.4 is 10.6 Å². The number of nitrogens with two attached hydrogens (primary N) is 1. The number of aliphatic carboxylic acids is 1. The zero-order chi connectivity index (χ0) is 11.6. The standard InChI is InChI=1S/C9H10F2N2O2/c1-13(4-8(14)15)7-3-5(10)2-6(11)9(7)12/h2-3H,4,12H2,1H3,(H,14,15). The van der Waals surface area contributed by atoms with E-state index in [1.807, 2.05) is 0 Å². The molecule has 0 amide bonds. The number of hydrogen-bond acceptors (Lipinski definition) is 3. The van der Waals surface area contributed by atoms with Crippen molar-refractivity contribution in [2.75, 3.05) is 24.2 Å². The van der Waals surface area contributed by atoms with Gasteiger partial charge in [-0.05, 0) is 6.07 Å². The minimum absolute atomic E-state index is 0.0231. The zero-order valence-electron chi connectivity index (χ0n) is 8.00. The van der Waals surface area contributed by atoms with Gasteiger partial charge < -0.3 is 15.7 Å². The Morgan fingerprint density at radius 1 is 1.53 bits per heavy atom. The van der Waals surface area contributed by atoms with E-state index < -0.39 is 17.6 Å². The molecule has 1 rings (SSSR count). The van der Waals surface area contributed by atoms with E-state index in [1.165, 1.54) is 7.05 Å². The molecule has 0 aliphatic rings. The van der Waals surface area contributed by atoms with E-state index in [-0.39, 0.29) is 17.9 Å². The summed E-state index contributed by atoms with van der Waals surface area (Å²) < 4.78 is 25.8. The smallest absolute Gasteiger partial charge is 0.323 e. The number of carboxylic acid groups (broad SMARTS) is 1. The lowest BCUT2D eigenvalue weighted by Crippen LogP contribution is -2.26. The normalized spacial score (nSPS) is 10.1. The summed E-state index contributed by atoms with van der Waals surface area (Å²) in [7, 11) is 1.39. The highest BCUT2D eigenvalue weighted by atomic mass is 19.1. The van der Waals surface area contributed by atoms with Gasteiger partial charge in [-0.15, -0.1) is 0 Å². The van der Waals surface area contributed by atoms with Gasteiger partial charge in [0.2, 0.25) is 0 Å². The fraction of sp³-hybridized carbons (Fsp3) is 0.222. The van der Waals surface area contributed by atoms with Crippen molar-refractivity contribution in [1.82, 2.24) is 0 Å². The van der Waals surface area contributed by atoms with Gasteiger partial charge in [0, 0.05) is 13.1 Å². The van der Waals surface area contributed by atoms with Crippen molar-refractivity contribution in [2.24, 2.45) is 0 Å². The summed E-state index contributed by atoms with van der Waals surface area (Å²) in [5.74, 6) is -2.81. The number of rotatable bonds is 3. The number of anilines is 2. The van der Waals surface area contributed by atoms with E-state index in [1.54, 1.807) is 0 Å². The second-order valence-electron chi connectivity index (χ2n) is 3.07. The van der Waals surface area contributed by atoms with Gasteiger partial charge in [0.25, 0.3) is 0 Å². The number of carbonyl (C=O) groups is 1. The van der Waals surface area contributed by atoms with Crippen LogP contribution in [0.4, 0.5) is 20.2 Å². The average Bonchev–Trinajstić information content (AvgIpc) is 2.09. The molecule has 0 fully saturated rings. The number of nitrogens with zero attached hydrogens (tertiary/aromatic N) is 1. The van der Waals surface area contributed by atoms with Crippen LogP contribution >= 0.6 is 0 Å². The maximum absolute atomic E-state index is 13.0. The van der Waals surface area contributed by atoms with E-state index in [9.17, 15) is 13.6 Å². The molecule has 0 radical (unpaired) electrons. The Morgan fingerprint density at radius 3 is 2.67 bits per heavy atom. The number of nitrogen functional groups attached to an aromatic ring is 1. The first-order chi connectivity index (χ1) is 6.91. The molecular formula is C9H10F2N2O2. The minimum atomic E-state index is -1.11. The van der Waals surface area contributed by atoms with Gasteiger partial charge in [-0.2, -0.15) is 0 Å². The molecule has 0 aromatic heterocycles. The molecule has 1 aromatic rings. The summed E-state index contributed by atoms with van der Waals surface area (Å²) in [6.07, 6.45) is 0. The van der Waals surface area contributed by atoms with Crippen LogP contribution in [0.1, 0.15) is 0 Å². The summed E-state index contributed by atoms with van der Waals surface area (Å²) in [4.78, 5) is 11.6. The maximum Gasteiger partial charge on any atom is 0.323 e. The molecule has 0 aliphatic heterocycles. The van der Waals surface area contributed by atoms with Crippen molar-refractivity contribution in [3.05, 3.63) is 23.8 Å². The lowest BCUT2D eigenvalue weighted by molar-refractivity contribution is -0.135. The van der Waals surface area contributed by atoms with E-state index in [0.717, 1.165) is 11.0 Å². The van der Waals surface area contributed by atoms with Crippen molar-refractivity contribution in [1.29, 1.82) is 0 Å². The molecule has 4 nitrogen and oxygen atoms in total. The Balaban J connectivity index is 3.07. The van der Waals surface area contributed by atoms with E-state index in [4.69, 9.17) is 10.8 Å². The van der Waals surface area contributed by atoms with Gasteiger partial charge in [0.15, 0.2) is 5.82 Å². The molecule has 82 valence electrons. The third kappa shape index (κ3) is 2.55. The lowest BCUT2D eigenvalue weighted by Gasteiger charge is -2.19. The molecule has 0 saturated heterocycles. The fourth-order valence-electron chi connectivity index (χ4n) is 1.18. The average molecular weight is 216 g/mol. The molecule has 1 aromatic carbocycles. The molecule has 0 unspecified atom stereocenters. The van der Waals surface area contributed by atoms with Gasteiger partial charge in [-0.25, -0.2) is 8.78 Å². The summed E-state index contributed by atoms with van der Waals surface area (Å²) in [5.41, 5.74) is 5.11. The van der Waals surface area contributed by atoms with Gasteiger partial charge in [0.05, 0.1) is 11.4 Å². The van der Waals surface area contributed by atoms with Crippen LogP contribution in [0.15, 0.2) is 12.1 Å². The van der Waals surface area contributed by atoms with Crippen molar-refractivity contribution >= 4 is 17.3 Å². The van der Waals surface area contributed by atoms with Crippen LogP contribution in [0.3, 0.4) is 0 Å². The highest BCUT2D eigenvalue weighted by Crippen LogP contribution is 2.26. The Hall–Kier alpha value is -1.85. The molecule has 0 saturated carbocycles. The molecule has 0 bridgehead atoms. The summed E-state index contributed by atoms with van der Waals surface area (Å²) in [5, 5.41) is 8.50.